The van der Waals surface area contributed by atoms with E-state index in [1.165, 1.54) is 31.4 Å². The van der Waals surface area contributed by atoms with Crippen molar-refractivity contribution in [2.45, 2.75) is 64.6 Å². The minimum Gasteiger partial charge on any atom is -0.330 e. The molecule has 1 fully saturated rings. The predicted molar refractivity (Wildman–Crippen MR) is 78.9 cm³/mol. The Bertz CT molecular complexity index is 366. The van der Waals surface area contributed by atoms with E-state index in [1.54, 1.807) is 0 Å². The lowest BCUT2D eigenvalue weighted by atomic mass is 10.2. The van der Waals surface area contributed by atoms with Crippen LogP contribution >= 0.6 is 0 Å². The average molecular weight is 264 g/mol. The third-order valence-electron chi connectivity index (χ3n) is 4.11. The molecule has 2 N–H and O–H groups in total. The smallest absolute Gasteiger partial charge is 0.0764 e. The molecule has 1 aliphatic carbocycles. The monoisotopic (exact) mass is 264 g/mol. The van der Waals surface area contributed by atoms with Crippen molar-refractivity contribution >= 4 is 0 Å². The van der Waals surface area contributed by atoms with Crippen molar-refractivity contribution in [2.75, 3.05) is 13.1 Å². The number of nitrogens with two attached hydrogens (primary N) is 1. The molecule has 4 heteroatoms. The Labute approximate surface area is 117 Å². The van der Waals surface area contributed by atoms with Crippen LogP contribution in [0.2, 0.25) is 0 Å². The SMILES string of the molecule is CC(C)N(CCCN)Cc1ccn(C2CCCC2)n1. The first-order valence-corrected chi connectivity index (χ1v) is 7.69. The zero-order valence-electron chi connectivity index (χ0n) is 12.4. The molecule has 1 aromatic rings. The summed E-state index contributed by atoms with van der Waals surface area (Å²) in [5.41, 5.74) is 6.80. The molecule has 108 valence electrons. The molecule has 0 bridgehead atoms. The molecule has 0 aliphatic heterocycles. The summed E-state index contributed by atoms with van der Waals surface area (Å²) in [6.45, 7) is 7.25. The lowest BCUT2D eigenvalue weighted by Gasteiger charge is -2.25. The quantitative estimate of drug-likeness (QED) is 0.823. The van der Waals surface area contributed by atoms with Crippen LogP contribution in [-0.2, 0) is 6.54 Å². The van der Waals surface area contributed by atoms with Crippen LogP contribution in [-0.4, -0.2) is 33.8 Å². The number of hydrogen-bond donors (Lipinski definition) is 1. The van der Waals surface area contributed by atoms with Crippen LogP contribution in [0.25, 0.3) is 0 Å². The second-order valence-corrected chi connectivity index (χ2v) is 5.93. The molecular weight excluding hydrogens is 236 g/mol. The largest absolute Gasteiger partial charge is 0.330 e. The van der Waals surface area contributed by atoms with Gasteiger partial charge in [0, 0.05) is 25.3 Å². The minimum absolute atomic E-state index is 0.545. The molecule has 0 saturated heterocycles. The molecule has 1 heterocycles. The van der Waals surface area contributed by atoms with Crippen molar-refractivity contribution in [3.8, 4) is 0 Å². The highest BCUT2D eigenvalue weighted by Gasteiger charge is 2.18. The van der Waals surface area contributed by atoms with E-state index < -0.39 is 0 Å². The first-order chi connectivity index (χ1) is 9.20. The van der Waals surface area contributed by atoms with Crippen LogP contribution in [0.1, 0.15) is 57.7 Å². The van der Waals surface area contributed by atoms with Gasteiger partial charge in [0.2, 0.25) is 0 Å². The van der Waals surface area contributed by atoms with Crippen molar-refractivity contribution in [3.05, 3.63) is 18.0 Å². The van der Waals surface area contributed by atoms with Gasteiger partial charge in [-0.3, -0.25) is 9.58 Å². The minimum atomic E-state index is 0.545. The Balaban J connectivity index is 1.93. The summed E-state index contributed by atoms with van der Waals surface area (Å²) in [7, 11) is 0. The zero-order chi connectivity index (χ0) is 13.7. The van der Waals surface area contributed by atoms with E-state index in [1.807, 2.05) is 0 Å². The average Bonchev–Trinajstić information content (AvgIpc) is 3.04. The van der Waals surface area contributed by atoms with Gasteiger partial charge in [0.15, 0.2) is 0 Å². The van der Waals surface area contributed by atoms with E-state index in [0.717, 1.165) is 26.1 Å². The predicted octanol–water partition coefficient (Wildman–Crippen LogP) is 2.56. The molecule has 0 atom stereocenters. The fraction of sp³-hybridized carbons (Fsp3) is 0.800. The molecule has 1 saturated carbocycles. The van der Waals surface area contributed by atoms with Crippen molar-refractivity contribution < 1.29 is 0 Å². The molecule has 0 amide bonds. The van der Waals surface area contributed by atoms with Crippen LogP contribution in [0, 0.1) is 0 Å². The molecule has 2 rings (SSSR count). The van der Waals surface area contributed by atoms with Gasteiger partial charge in [-0.05, 0) is 45.7 Å². The maximum absolute atomic E-state index is 5.61. The van der Waals surface area contributed by atoms with E-state index >= 15 is 0 Å². The maximum atomic E-state index is 5.61. The van der Waals surface area contributed by atoms with E-state index in [2.05, 4.69) is 35.7 Å². The van der Waals surface area contributed by atoms with Gasteiger partial charge < -0.3 is 5.73 Å². The molecule has 0 spiro atoms. The van der Waals surface area contributed by atoms with Gasteiger partial charge in [0.1, 0.15) is 0 Å². The summed E-state index contributed by atoms with van der Waals surface area (Å²) in [5, 5.41) is 4.77. The number of hydrogen-bond acceptors (Lipinski definition) is 3. The summed E-state index contributed by atoms with van der Waals surface area (Å²) in [6.07, 6.45) is 8.52. The summed E-state index contributed by atoms with van der Waals surface area (Å²) in [5.74, 6) is 0. The number of aromatic nitrogens is 2. The standard InChI is InChI=1S/C15H28N4/c1-13(2)18(10-5-9-16)12-14-8-11-19(17-14)15-6-3-4-7-15/h8,11,13,15H,3-7,9-10,12,16H2,1-2H3. The Morgan fingerprint density at radius 3 is 2.79 bits per heavy atom. The first-order valence-electron chi connectivity index (χ1n) is 7.69. The summed E-state index contributed by atoms with van der Waals surface area (Å²) in [4.78, 5) is 2.45. The molecule has 4 nitrogen and oxygen atoms in total. The highest BCUT2D eigenvalue weighted by Crippen LogP contribution is 2.28. The Hall–Kier alpha value is -0.870. The maximum Gasteiger partial charge on any atom is 0.0764 e. The molecule has 0 radical (unpaired) electrons. The van der Waals surface area contributed by atoms with Gasteiger partial charge in [-0.25, -0.2) is 0 Å². The lowest BCUT2D eigenvalue weighted by Crippen LogP contribution is -2.32. The first kappa shape index (κ1) is 14.5. The second kappa shape index (κ2) is 7.06. The van der Waals surface area contributed by atoms with E-state index in [-0.39, 0.29) is 0 Å². The second-order valence-electron chi connectivity index (χ2n) is 5.93. The van der Waals surface area contributed by atoms with Crippen LogP contribution in [0.4, 0.5) is 0 Å². The fourth-order valence-electron chi connectivity index (χ4n) is 2.86. The summed E-state index contributed by atoms with van der Waals surface area (Å²) < 4.78 is 2.18. The zero-order valence-corrected chi connectivity index (χ0v) is 12.4. The van der Waals surface area contributed by atoms with Gasteiger partial charge in [-0.1, -0.05) is 12.8 Å². The van der Waals surface area contributed by atoms with Gasteiger partial charge in [0.25, 0.3) is 0 Å². The third-order valence-corrected chi connectivity index (χ3v) is 4.11. The Kier molecular flexibility index (Phi) is 5.40. The fourth-order valence-corrected chi connectivity index (χ4v) is 2.86. The van der Waals surface area contributed by atoms with Crippen molar-refractivity contribution in [2.24, 2.45) is 5.73 Å². The highest BCUT2D eigenvalue weighted by atomic mass is 15.3. The molecule has 1 aromatic heterocycles. The third kappa shape index (κ3) is 4.05. The van der Waals surface area contributed by atoms with E-state index in [4.69, 9.17) is 10.8 Å². The Morgan fingerprint density at radius 2 is 2.16 bits per heavy atom. The van der Waals surface area contributed by atoms with Crippen molar-refractivity contribution in [1.82, 2.24) is 14.7 Å². The normalized spacial score (nSPS) is 16.9. The highest BCUT2D eigenvalue weighted by molar-refractivity contribution is 5.00. The summed E-state index contributed by atoms with van der Waals surface area (Å²) in [6, 6.07) is 3.37. The van der Waals surface area contributed by atoms with Crippen LogP contribution < -0.4 is 5.73 Å². The van der Waals surface area contributed by atoms with Gasteiger partial charge in [-0.2, -0.15) is 5.10 Å². The lowest BCUT2D eigenvalue weighted by molar-refractivity contribution is 0.208. The number of nitrogens with zero attached hydrogens (tertiary/aromatic N) is 3. The van der Waals surface area contributed by atoms with E-state index in [9.17, 15) is 0 Å². The van der Waals surface area contributed by atoms with Gasteiger partial charge >= 0.3 is 0 Å². The number of rotatable bonds is 7. The summed E-state index contributed by atoms with van der Waals surface area (Å²) >= 11 is 0. The Morgan fingerprint density at radius 1 is 1.42 bits per heavy atom. The molecule has 19 heavy (non-hydrogen) atoms. The van der Waals surface area contributed by atoms with Crippen LogP contribution in [0.3, 0.4) is 0 Å². The molecule has 0 aromatic carbocycles. The molecule has 1 aliphatic rings. The van der Waals surface area contributed by atoms with E-state index in [0.29, 0.717) is 12.1 Å². The van der Waals surface area contributed by atoms with Crippen molar-refractivity contribution in [3.63, 3.8) is 0 Å². The molecular formula is C15H28N4. The van der Waals surface area contributed by atoms with Gasteiger partial charge in [-0.15, -0.1) is 0 Å². The van der Waals surface area contributed by atoms with Gasteiger partial charge in [0.05, 0.1) is 11.7 Å². The van der Waals surface area contributed by atoms with Crippen LogP contribution in [0.15, 0.2) is 12.3 Å². The molecule has 0 unspecified atom stereocenters. The van der Waals surface area contributed by atoms with Crippen LogP contribution in [0.5, 0.6) is 0 Å². The van der Waals surface area contributed by atoms with Crippen molar-refractivity contribution in [1.29, 1.82) is 0 Å². The topological polar surface area (TPSA) is 47.1 Å².